The molecule has 14 bridgehead atoms. The van der Waals surface area contributed by atoms with Crippen molar-refractivity contribution < 1.29 is 0 Å². The fourth-order valence-corrected chi connectivity index (χ4v) is 12.0. The van der Waals surface area contributed by atoms with E-state index in [0.717, 1.165) is 98.7 Å². The first-order valence-electron chi connectivity index (χ1n) is 20.9. The molecule has 0 spiro atoms. The maximum absolute atomic E-state index is 5.34. The zero-order chi connectivity index (χ0) is 41.7. The average Bonchev–Trinajstić information content (AvgIpc) is 4.19. The molecule has 4 aromatic carbocycles. The first kappa shape index (κ1) is 37.4. The van der Waals surface area contributed by atoms with Crippen LogP contribution in [0.15, 0.2) is 182 Å². The van der Waals surface area contributed by atoms with Crippen molar-refractivity contribution in [3.8, 4) is 44.5 Å². The second-order valence-corrected chi connectivity index (χ2v) is 18.7. The van der Waals surface area contributed by atoms with Crippen molar-refractivity contribution in [2.75, 3.05) is 0 Å². The summed E-state index contributed by atoms with van der Waals surface area (Å²) in [6.07, 6.45) is 8.59. The number of thiophene rings is 3. The van der Waals surface area contributed by atoms with Gasteiger partial charge in [-0.1, -0.05) is 121 Å². The van der Waals surface area contributed by atoms with Gasteiger partial charge in [0, 0.05) is 61.5 Å². The third-order valence-corrected chi connectivity index (χ3v) is 15.1. The molecule has 8 heterocycles. The number of rotatable bonds is 4. The number of hydrogen-bond acceptors (Lipinski definition) is 5. The predicted molar refractivity (Wildman–Crippen MR) is 273 cm³/mol. The van der Waals surface area contributed by atoms with Crippen LogP contribution in [-0.4, -0.2) is 19.9 Å². The molecular formula is C56H36N4S3. The van der Waals surface area contributed by atoms with Crippen LogP contribution < -0.4 is 0 Å². The molecule has 0 atom stereocenters. The Bertz CT molecular complexity index is 3720. The second-order valence-electron chi connectivity index (χ2n) is 15.5. The van der Waals surface area contributed by atoms with E-state index in [1.165, 1.54) is 18.8 Å². The fourth-order valence-electron chi connectivity index (χ4n) is 8.61. The highest BCUT2D eigenvalue weighted by atomic mass is 32.1. The second kappa shape index (κ2) is 15.8. The molecule has 2 aliphatic heterocycles. The first-order chi connectivity index (χ1) is 31.2. The fraction of sp³-hybridized carbons (Fsp3) is 0. The molecule has 10 aromatic rings. The Kier molecular flexibility index (Phi) is 9.37. The monoisotopic (exact) mass is 860 g/mol. The van der Waals surface area contributed by atoms with Crippen molar-refractivity contribution in [1.82, 2.24) is 19.9 Å². The number of fused-ring (bicyclic) bond motifs is 17. The summed E-state index contributed by atoms with van der Waals surface area (Å²) in [6, 6.07) is 64.9. The normalized spacial score (nSPS) is 12.0. The Morgan fingerprint density at radius 3 is 0.921 bits per heavy atom. The summed E-state index contributed by atoms with van der Waals surface area (Å²) >= 11 is 5.42. The standard InChI is InChI=1S/C56H36N4S3/c1-5-13-35(14-6-1)53-43-25-21-39(57-43)41-23-27-45(59-41)55(37-17-9-3-10-18-37)51-33-34-52(63-51)56(38-19-11-4-12-20-38)46-28-24-42(60-46)40-22-26-44(58-40)54(36-15-7-2-8-16-36)50-32-30-48(62-50)47-29-31-49(53)61-47/h1-34,57,60H. The zero-order valence-electron chi connectivity index (χ0n) is 33.7. The lowest BCUT2D eigenvalue weighted by molar-refractivity contribution is 1.32. The van der Waals surface area contributed by atoms with Gasteiger partial charge in [0.2, 0.25) is 0 Å². The van der Waals surface area contributed by atoms with Gasteiger partial charge in [-0.2, -0.15) is 0 Å². The van der Waals surface area contributed by atoms with Crippen LogP contribution in [0.1, 0.15) is 22.8 Å². The molecule has 298 valence electrons. The molecule has 0 radical (unpaired) electrons. The van der Waals surface area contributed by atoms with E-state index in [9.17, 15) is 0 Å². The lowest BCUT2D eigenvalue weighted by Crippen LogP contribution is -1.83. The van der Waals surface area contributed by atoms with Gasteiger partial charge in [0.15, 0.2) is 0 Å². The number of nitrogens with one attached hydrogen (secondary N) is 2. The van der Waals surface area contributed by atoms with E-state index in [1.54, 1.807) is 11.3 Å². The summed E-state index contributed by atoms with van der Waals surface area (Å²) < 4.78 is 7.13. The Morgan fingerprint density at radius 2 is 0.540 bits per heavy atom. The summed E-state index contributed by atoms with van der Waals surface area (Å²) in [5.41, 5.74) is 16.8. The lowest BCUT2D eigenvalue weighted by atomic mass is 10.0. The highest BCUT2D eigenvalue weighted by Crippen LogP contribution is 2.41. The largest absolute Gasteiger partial charge is 0.353 e. The molecule has 2 aliphatic rings. The Hall–Kier alpha value is -7.42. The summed E-state index contributed by atoms with van der Waals surface area (Å²) in [5.74, 6) is 0. The SMILES string of the molecule is C1=Cc2nc1c(-c1ccccc1)c1ccc(s1)c(-c1ccccc1)c1ccc([nH]1)c1nc(c(-c3ccccc3)c3ccc(s3)c3ccc(s3)c(-c3ccccc3)c3ccc2[nH]3)C=C1. The molecule has 0 amide bonds. The van der Waals surface area contributed by atoms with Crippen molar-refractivity contribution in [2.45, 2.75) is 0 Å². The average molecular weight is 861 g/mol. The summed E-state index contributed by atoms with van der Waals surface area (Å²) in [5, 5.41) is 0. The van der Waals surface area contributed by atoms with Crippen LogP contribution in [0, 0.1) is 0 Å². The third kappa shape index (κ3) is 6.93. The summed E-state index contributed by atoms with van der Waals surface area (Å²) in [4.78, 5) is 18.3. The van der Waals surface area contributed by atoms with Gasteiger partial charge in [-0.15, -0.1) is 34.0 Å². The van der Waals surface area contributed by atoms with Gasteiger partial charge >= 0.3 is 0 Å². The molecule has 0 saturated heterocycles. The van der Waals surface area contributed by atoms with Crippen LogP contribution >= 0.6 is 34.0 Å². The molecule has 2 N–H and O–H groups in total. The number of aromatic amines is 2. The summed E-state index contributed by atoms with van der Waals surface area (Å²) in [6.45, 7) is 0. The van der Waals surface area contributed by atoms with Crippen LogP contribution in [0.5, 0.6) is 0 Å². The molecule has 12 rings (SSSR count). The number of nitrogens with zero attached hydrogens (tertiary/aromatic N) is 2. The molecule has 63 heavy (non-hydrogen) atoms. The molecular weight excluding hydrogens is 825 g/mol. The van der Waals surface area contributed by atoms with E-state index in [-0.39, 0.29) is 0 Å². The van der Waals surface area contributed by atoms with Crippen LogP contribution in [0.3, 0.4) is 0 Å². The third-order valence-electron chi connectivity index (χ3n) is 11.6. The molecule has 4 nitrogen and oxygen atoms in total. The van der Waals surface area contributed by atoms with Crippen molar-refractivity contribution in [2.24, 2.45) is 0 Å². The topological polar surface area (TPSA) is 57.4 Å². The highest BCUT2D eigenvalue weighted by Gasteiger charge is 2.16. The van der Waals surface area contributed by atoms with E-state index in [0.29, 0.717) is 0 Å². The first-order valence-corrected chi connectivity index (χ1v) is 23.3. The van der Waals surface area contributed by atoms with E-state index < -0.39 is 0 Å². The Labute approximate surface area is 375 Å². The minimum Gasteiger partial charge on any atom is -0.353 e. The molecule has 7 heteroatoms. The van der Waals surface area contributed by atoms with Crippen LogP contribution in [-0.2, 0) is 0 Å². The maximum Gasteiger partial charge on any atom is 0.0872 e. The van der Waals surface area contributed by atoms with Gasteiger partial charge in [-0.3, -0.25) is 0 Å². The smallest absolute Gasteiger partial charge is 0.0872 e. The Balaban J connectivity index is 1.21. The van der Waals surface area contributed by atoms with Gasteiger partial charge < -0.3 is 9.97 Å². The number of hydrogen-bond donors (Lipinski definition) is 2. The van der Waals surface area contributed by atoms with E-state index in [2.05, 4.69) is 216 Å². The number of aromatic nitrogens is 4. The highest BCUT2D eigenvalue weighted by molar-refractivity contribution is 7.31. The van der Waals surface area contributed by atoms with Gasteiger partial charge in [-0.05, 0) is 107 Å². The van der Waals surface area contributed by atoms with Crippen LogP contribution in [0.4, 0.5) is 0 Å². The number of H-pyrrole nitrogens is 2. The molecule has 0 aliphatic carbocycles. The van der Waals surface area contributed by atoms with Crippen molar-refractivity contribution in [1.29, 1.82) is 0 Å². The van der Waals surface area contributed by atoms with Crippen molar-refractivity contribution in [3.63, 3.8) is 0 Å². The van der Waals surface area contributed by atoms with Crippen LogP contribution in [0.2, 0.25) is 0 Å². The minimum absolute atomic E-state index is 0.905. The molecule has 6 aromatic heterocycles. The number of benzene rings is 4. The zero-order valence-corrected chi connectivity index (χ0v) is 36.2. The maximum atomic E-state index is 5.34. The van der Waals surface area contributed by atoms with E-state index in [4.69, 9.17) is 9.97 Å². The lowest BCUT2D eigenvalue weighted by Gasteiger charge is -2.04. The predicted octanol–water partition coefficient (Wildman–Crippen LogP) is 16.7. The van der Waals surface area contributed by atoms with E-state index in [1.807, 2.05) is 22.7 Å². The quantitative estimate of drug-likeness (QED) is 0.185. The van der Waals surface area contributed by atoms with Crippen molar-refractivity contribution in [3.05, 3.63) is 205 Å². The molecule has 0 unspecified atom stereocenters. The minimum atomic E-state index is 0.905. The summed E-state index contributed by atoms with van der Waals surface area (Å²) in [7, 11) is 0. The van der Waals surface area contributed by atoms with Gasteiger partial charge in [0.05, 0.1) is 33.8 Å². The van der Waals surface area contributed by atoms with Gasteiger partial charge in [-0.25, -0.2) is 9.97 Å². The molecule has 0 saturated carbocycles. The van der Waals surface area contributed by atoms with Crippen molar-refractivity contribution >= 4 is 109 Å². The van der Waals surface area contributed by atoms with Gasteiger partial charge in [0.25, 0.3) is 0 Å². The van der Waals surface area contributed by atoms with E-state index >= 15 is 0 Å². The van der Waals surface area contributed by atoms with Gasteiger partial charge in [0.1, 0.15) is 0 Å². The van der Waals surface area contributed by atoms with Crippen LogP contribution in [0.25, 0.3) is 119 Å². The Morgan fingerprint density at radius 1 is 0.254 bits per heavy atom. The molecule has 0 fully saturated rings.